The average Bonchev–Trinajstić information content (AvgIpc) is 3.61. The highest BCUT2D eigenvalue weighted by Gasteiger charge is 2.84. The standard InChI is InChI=1S/C38H61NO9/c1-21-17-23(32(34(5,6)44)46-22(2)40)47-30-29(21)35(7)13-14-38-20-37(38)12-11-26(48-28-19-39(15-16-45-28)18-27(41)42)33(3,4)24(37)9-10-25(38)36(35,8)31(30)43/h21,23-26,28-32,43-44H,9-20H2,1-8H3,(H,41,42)/t21-,23-,24+,25+,26+,28+,29?,30+,31+,32+,35-,36-,37-,38+/m1/s1. The molecule has 3 N–H and O–H groups in total. The molecule has 2 heterocycles. The van der Waals surface area contributed by atoms with E-state index < -0.39 is 42.1 Å². The SMILES string of the molecule is CC(=O)O[C@@H]([C@H]1C[C@@H](C)C2[C@H](O1)[C@H](O)[C@@]1(C)[C@@H]3CC[C@H]4C(C)(C)[C@@H](O[C@H]5CN(CC(=O)O)CCO5)CC[C@@]45C[C@@]35CC[C@]21C)C(C)(C)O. The molecule has 5 saturated carbocycles. The molecular weight excluding hydrogens is 614 g/mol. The molecule has 14 atom stereocenters. The van der Waals surface area contributed by atoms with Gasteiger partial charge in [-0.2, -0.15) is 0 Å². The van der Waals surface area contributed by atoms with Crippen LogP contribution in [0.5, 0.6) is 0 Å². The van der Waals surface area contributed by atoms with Crippen molar-refractivity contribution in [1.29, 1.82) is 0 Å². The molecule has 1 unspecified atom stereocenters. The summed E-state index contributed by atoms with van der Waals surface area (Å²) in [5, 5.41) is 32.9. The first-order valence-electron chi connectivity index (χ1n) is 18.8. The van der Waals surface area contributed by atoms with E-state index in [9.17, 15) is 24.9 Å². The number of hydrogen-bond acceptors (Lipinski definition) is 9. The van der Waals surface area contributed by atoms with Gasteiger partial charge in [-0.3, -0.25) is 14.5 Å². The number of carbonyl (C=O) groups excluding carboxylic acids is 1. The number of rotatable bonds is 7. The molecule has 7 rings (SSSR count). The Kier molecular flexibility index (Phi) is 8.30. The average molecular weight is 676 g/mol. The molecular formula is C38H61NO9. The first kappa shape index (κ1) is 35.1. The fourth-order valence-corrected chi connectivity index (χ4v) is 13.9. The molecule has 7 aliphatic rings. The zero-order chi connectivity index (χ0) is 34.8. The third kappa shape index (κ3) is 4.85. The van der Waals surface area contributed by atoms with Gasteiger partial charge in [0.2, 0.25) is 0 Å². The van der Waals surface area contributed by atoms with E-state index in [0.29, 0.717) is 38.0 Å². The number of carboxylic acid groups (broad SMARTS) is 1. The molecule has 0 aromatic rings. The monoisotopic (exact) mass is 675 g/mol. The zero-order valence-electron chi connectivity index (χ0n) is 30.5. The number of carbonyl (C=O) groups is 2. The lowest BCUT2D eigenvalue weighted by Crippen LogP contribution is -2.60. The second-order valence-corrected chi connectivity index (χ2v) is 18.8. The summed E-state index contributed by atoms with van der Waals surface area (Å²) in [4.78, 5) is 25.3. The maximum absolute atomic E-state index is 12.5. The van der Waals surface area contributed by atoms with Gasteiger partial charge in [0.15, 0.2) is 12.4 Å². The van der Waals surface area contributed by atoms with E-state index in [1.165, 1.54) is 19.8 Å². The van der Waals surface area contributed by atoms with Gasteiger partial charge in [0, 0.05) is 18.9 Å². The number of aliphatic hydroxyl groups excluding tert-OH is 1. The van der Waals surface area contributed by atoms with E-state index in [2.05, 4.69) is 34.6 Å². The molecule has 7 fully saturated rings. The van der Waals surface area contributed by atoms with Gasteiger partial charge in [-0.05, 0) is 111 Å². The quantitative estimate of drug-likeness (QED) is 0.328. The van der Waals surface area contributed by atoms with Crippen LogP contribution in [0, 0.1) is 50.7 Å². The van der Waals surface area contributed by atoms with Crippen molar-refractivity contribution in [3.8, 4) is 0 Å². The summed E-state index contributed by atoms with van der Waals surface area (Å²) in [6.07, 6.45) is 5.77. The van der Waals surface area contributed by atoms with Gasteiger partial charge in [-0.25, -0.2) is 0 Å². The van der Waals surface area contributed by atoms with Crippen LogP contribution in [0.3, 0.4) is 0 Å². The third-order valence-corrected chi connectivity index (χ3v) is 15.9. The number of esters is 1. The number of aliphatic hydroxyl groups is 2. The molecule has 0 amide bonds. The second-order valence-electron chi connectivity index (χ2n) is 18.8. The summed E-state index contributed by atoms with van der Waals surface area (Å²) in [5.41, 5.74) is -1.28. The smallest absolute Gasteiger partial charge is 0.317 e. The van der Waals surface area contributed by atoms with Crippen molar-refractivity contribution in [2.45, 2.75) is 149 Å². The van der Waals surface area contributed by atoms with Crippen LogP contribution < -0.4 is 0 Å². The largest absolute Gasteiger partial charge is 0.480 e. The van der Waals surface area contributed by atoms with Crippen LogP contribution in [-0.2, 0) is 28.5 Å². The minimum atomic E-state index is -1.27. The Bertz CT molecular complexity index is 1300. The van der Waals surface area contributed by atoms with E-state index in [-0.39, 0.29) is 57.7 Å². The minimum Gasteiger partial charge on any atom is -0.480 e. The van der Waals surface area contributed by atoms with Gasteiger partial charge in [0.1, 0.15) is 0 Å². The maximum atomic E-state index is 12.5. The third-order valence-electron chi connectivity index (χ3n) is 15.9. The zero-order valence-corrected chi connectivity index (χ0v) is 30.5. The van der Waals surface area contributed by atoms with Crippen LogP contribution in [-0.4, -0.2) is 101 Å². The van der Waals surface area contributed by atoms with Crippen molar-refractivity contribution in [2.24, 2.45) is 50.7 Å². The van der Waals surface area contributed by atoms with Crippen molar-refractivity contribution in [3.63, 3.8) is 0 Å². The van der Waals surface area contributed by atoms with E-state index >= 15 is 0 Å². The molecule has 0 aromatic heterocycles. The Balaban J connectivity index is 1.12. The molecule has 2 saturated heterocycles. The predicted molar refractivity (Wildman–Crippen MR) is 177 cm³/mol. The first-order valence-corrected chi connectivity index (χ1v) is 18.8. The molecule has 272 valence electrons. The topological polar surface area (TPSA) is 135 Å². The molecule has 2 aliphatic heterocycles. The van der Waals surface area contributed by atoms with E-state index in [4.69, 9.17) is 18.9 Å². The van der Waals surface area contributed by atoms with Gasteiger partial charge in [-0.15, -0.1) is 0 Å². The Morgan fingerprint density at radius 1 is 1.04 bits per heavy atom. The fraction of sp³-hybridized carbons (Fsp3) is 0.947. The van der Waals surface area contributed by atoms with E-state index in [0.717, 1.165) is 32.1 Å². The van der Waals surface area contributed by atoms with E-state index in [1.54, 1.807) is 13.8 Å². The number of morpholine rings is 1. The van der Waals surface area contributed by atoms with Gasteiger partial charge < -0.3 is 34.3 Å². The molecule has 10 heteroatoms. The summed E-state index contributed by atoms with van der Waals surface area (Å²) in [6.45, 7) is 18.1. The van der Waals surface area contributed by atoms with Crippen LogP contribution >= 0.6 is 0 Å². The fourth-order valence-electron chi connectivity index (χ4n) is 13.9. The van der Waals surface area contributed by atoms with Crippen LogP contribution in [0.1, 0.15) is 107 Å². The van der Waals surface area contributed by atoms with Crippen LogP contribution in [0.15, 0.2) is 0 Å². The number of hydrogen-bond donors (Lipinski definition) is 3. The summed E-state index contributed by atoms with van der Waals surface area (Å²) < 4.78 is 25.2. The molecule has 48 heavy (non-hydrogen) atoms. The van der Waals surface area contributed by atoms with Gasteiger partial charge in [-0.1, -0.05) is 34.6 Å². The summed E-state index contributed by atoms with van der Waals surface area (Å²) in [6, 6.07) is 0. The van der Waals surface area contributed by atoms with Gasteiger partial charge in [0.25, 0.3) is 0 Å². The molecule has 0 bridgehead atoms. The lowest BCUT2D eigenvalue weighted by Gasteiger charge is -2.64. The molecule has 0 aromatic carbocycles. The second kappa shape index (κ2) is 11.3. The van der Waals surface area contributed by atoms with Crippen LogP contribution in [0.2, 0.25) is 0 Å². The van der Waals surface area contributed by atoms with Gasteiger partial charge in [0.05, 0.1) is 49.7 Å². The number of fused-ring (bicyclic) bond motifs is 4. The van der Waals surface area contributed by atoms with Crippen LogP contribution in [0.4, 0.5) is 0 Å². The van der Waals surface area contributed by atoms with Crippen molar-refractivity contribution < 1.29 is 43.9 Å². The number of carboxylic acids is 1. The predicted octanol–water partition coefficient (Wildman–Crippen LogP) is 4.63. The number of ether oxygens (including phenoxy) is 4. The van der Waals surface area contributed by atoms with Crippen molar-refractivity contribution in [3.05, 3.63) is 0 Å². The molecule has 2 spiro atoms. The lowest BCUT2D eigenvalue weighted by molar-refractivity contribution is -0.248. The molecule has 5 aliphatic carbocycles. The number of nitrogens with zero attached hydrogens (tertiary/aromatic N) is 1. The minimum absolute atomic E-state index is 0.00878. The highest BCUT2D eigenvalue weighted by atomic mass is 16.7. The summed E-state index contributed by atoms with van der Waals surface area (Å²) in [7, 11) is 0. The Labute approximate surface area is 286 Å². The number of aliphatic carboxylic acids is 1. The summed E-state index contributed by atoms with van der Waals surface area (Å²) in [5.74, 6) is 0.0872. The highest BCUT2D eigenvalue weighted by Crippen LogP contribution is 2.89. The molecule has 0 radical (unpaired) electrons. The van der Waals surface area contributed by atoms with E-state index in [1.807, 2.05) is 4.90 Å². The highest BCUT2D eigenvalue weighted by molar-refractivity contribution is 5.69. The van der Waals surface area contributed by atoms with Crippen molar-refractivity contribution in [1.82, 2.24) is 4.90 Å². The Hall–Kier alpha value is -1.30. The summed E-state index contributed by atoms with van der Waals surface area (Å²) >= 11 is 0. The first-order chi connectivity index (χ1) is 22.3. The lowest BCUT2D eigenvalue weighted by atomic mass is 9.41. The van der Waals surface area contributed by atoms with Crippen LogP contribution in [0.25, 0.3) is 0 Å². The maximum Gasteiger partial charge on any atom is 0.317 e. The normalized spacial score (nSPS) is 50.2. The Morgan fingerprint density at radius 2 is 1.73 bits per heavy atom. The Morgan fingerprint density at radius 3 is 2.40 bits per heavy atom. The van der Waals surface area contributed by atoms with Gasteiger partial charge >= 0.3 is 11.9 Å². The van der Waals surface area contributed by atoms with Crippen molar-refractivity contribution in [2.75, 3.05) is 26.2 Å². The van der Waals surface area contributed by atoms with Crippen molar-refractivity contribution >= 4 is 11.9 Å². The molecule has 10 nitrogen and oxygen atoms in total.